The van der Waals surface area contributed by atoms with Gasteiger partial charge in [-0.15, -0.1) is 11.3 Å². The van der Waals surface area contributed by atoms with E-state index < -0.39 is 5.91 Å². The van der Waals surface area contributed by atoms with Crippen LogP contribution in [0, 0.1) is 17.3 Å². The first kappa shape index (κ1) is 26.3. The van der Waals surface area contributed by atoms with E-state index in [2.05, 4.69) is 43.2 Å². The number of aromatic nitrogens is 3. The van der Waals surface area contributed by atoms with E-state index in [9.17, 15) is 9.59 Å². The zero-order valence-electron chi connectivity index (χ0n) is 19.9. The quantitative estimate of drug-likeness (QED) is 0.252. The normalized spacial score (nSPS) is 12.8. The van der Waals surface area contributed by atoms with E-state index in [4.69, 9.17) is 11.1 Å². The number of nitrogens with one attached hydrogen (secondary N) is 3. The lowest BCUT2D eigenvalue weighted by Gasteiger charge is -2.24. The number of nitrogens with two attached hydrogens (primary N) is 2. The number of carbonyl (C=O) groups excluding carboxylic acids is 2. The second-order valence-electron chi connectivity index (χ2n) is 7.94. The Bertz CT molecular complexity index is 1260. The van der Waals surface area contributed by atoms with Gasteiger partial charge in [0.1, 0.15) is 18.0 Å². The van der Waals surface area contributed by atoms with Crippen molar-refractivity contribution in [3.05, 3.63) is 58.9 Å². The van der Waals surface area contributed by atoms with Crippen LogP contribution in [0.4, 0.5) is 16.8 Å². The Balaban J connectivity index is 0.000000538. The largest absolute Gasteiger partial charge is 0.383 e. The molecule has 0 saturated heterocycles. The Hall–Kier alpha value is -4.30. The molecule has 2 aromatic heterocycles. The van der Waals surface area contributed by atoms with Crippen LogP contribution in [0.3, 0.4) is 0 Å². The molecule has 11 heteroatoms. The molecule has 1 aromatic carbocycles. The Morgan fingerprint density at radius 1 is 1.08 bits per heavy atom. The van der Waals surface area contributed by atoms with Crippen LogP contribution in [0.25, 0.3) is 0 Å². The fourth-order valence-electron chi connectivity index (χ4n) is 3.71. The number of thiazole rings is 1. The van der Waals surface area contributed by atoms with Crippen molar-refractivity contribution in [1.82, 2.24) is 15.0 Å². The minimum absolute atomic E-state index is 0.221. The maximum Gasteiger partial charge on any atom is 0.293 e. The van der Waals surface area contributed by atoms with Crippen LogP contribution in [0.15, 0.2) is 42.2 Å². The SMILES string of the molecule is CC#CC(N)=O.N=C(c1ccc(C(=O)Nc2nccs2)cc1)c1c(N)ncnc1NC1CCCCC1. The fourth-order valence-corrected chi connectivity index (χ4v) is 4.23. The summed E-state index contributed by atoms with van der Waals surface area (Å²) in [5.41, 5.74) is 12.5. The van der Waals surface area contributed by atoms with Crippen molar-refractivity contribution in [3.63, 3.8) is 0 Å². The van der Waals surface area contributed by atoms with Gasteiger partial charge in [-0.3, -0.25) is 20.3 Å². The molecule has 1 aliphatic rings. The zero-order chi connectivity index (χ0) is 25.9. The van der Waals surface area contributed by atoms with Crippen LogP contribution in [0.1, 0.15) is 60.5 Å². The number of hydrogen-bond acceptors (Lipinski definition) is 9. The highest BCUT2D eigenvalue weighted by molar-refractivity contribution is 7.13. The summed E-state index contributed by atoms with van der Waals surface area (Å²) in [7, 11) is 0. The minimum atomic E-state index is -0.572. The van der Waals surface area contributed by atoms with Gasteiger partial charge < -0.3 is 16.8 Å². The molecule has 0 aliphatic heterocycles. The molecule has 186 valence electrons. The average Bonchev–Trinajstić information content (AvgIpc) is 3.38. The van der Waals surface area contributed by atoms with E-state index in [-0.39, 0.29) is 17.4 Å². The molecular weight excluding hydrogens is 476 g/mol. The summed E-state index contributed by atoms with van der Waals surface area (Å²) in [5, 5.41) is 17.2. The lowest BCUT2D eigenvalue weighted by atomic mass is 9.95. The molecule has 1 fully saturated rings. The molecule has 10 nitrogen and oxygen atoms in total. The number of anilines is 3. The van der Waals surface area contributed by atoms with Gasteiger partial charge in [-0.25, -0.2) is 15.0 Å². The summed E-state index contributed by atoms with van der Waals surface area (Å²) in [6.07, 6.45) is 8.86. The van der Waals surface area contributed by atoms with E-state index in [0.717, 1.165) is 12.8 Å². The predicted octanol–water partition coefficient (Wildman–Crippen LogP) is 3.42. The third-order valence-corrected chi connectivity index (χ3v) is 6.10. The lowest BCUT2D eigenvalue weighted by Crippen LogP contribution is -2.25. The molecule has 0 spiro atoms. The van der Waals surface area contributed by atoms with E-state index in [1.54, 1.807) is 42.8 Å². The van der Waals surface area contributed by atoms with Crippen molar-refractivity contribution >= 4 is 45.6 Å². The predicted molar refractivity (Wildman–Crippen MR) is 142 cm³/mol. The number of nitrogen functional groups attached to an aromatic ring is 1. The summed E-state index contributed by atoms with van der Waals surface area (Å²) in [6.45, 7) is 1.56. The first-order valence-corrected chi connectivity index (χ1v) is 12.3. The van der Waals surface area contributed by atoms with Gasteiger partial charge in [-0.05, 0) is 37.8 Å². The number of benzene rings is 1. The summed E-state index contributed by atoms with van der Waals surface area (Å²) >= 11 is 1.36. The summed E-state index contributed by atoms with van der Waals surface area (Å²) in [4.78, 5) is 34.5. The second-order valence-corrected chi connectivity index (χ2v) is 8.84. The minimum Gasteiger partial charge on any atom is -0.383 e. The van der Waals surface area contributed by atoms with Gasteiger partial charge in [-0.2, -0.15) is 0 Å². The molecule has 1 aliphatic carbocycles. The summed E-state index contributed by atoms with van der Waals surface area (Å²) < 4.78 is 0. The standard InChI is InChI=1S/C21H23N7OS.C4H5NO/c22-17(13-6-8-14(9-7-13)20(29)28-21-24-10-11-30-21)16-18(23)25-12-26-19(16)27-15-4-2-1-3-5-15;1-2-3-4(5)6/h6-12,15,22H,1-5H2,(H,24,28,29)(H3,23,25,26,27);1H3,(H2,5,6). The van der Waals surface area contributed by atoms with Crippen molar-refractivity contribution < 1.29 is 9.59 Å². The zero-order valence-corrected chi connectivity index (χ0v) is 20.7. The molecule has 2 heterocycles. The number of carbonyl (C=O) groups is 2. The van der Waals surface area contributed by atoms with Crippen LogP contribution in [-0.2, 0) is 4.79 Å². The Morgan fingerprint density at radius 2 is 1.78 bits per heavy atom. The van der Waals surface area contributed by atoms with Gasteiger partial charge in [0.2, 0.25) is 0 Å². The molecule has 0 radical (unpaired) electrons. The van der Waals surface area contributed by atoms with Gasteiger partial charge in [0.25, 0.3) is 11.8 Å². The smallest absolute Gasteiger partial charge is 0.293 e. The van der Waals surface area contributed by atoms with Gasteiger partial charge in [0.05, 0.1) is 11.3 Å². The number of hydrogen-bond donors (Lipinski definition) is 5. The highest BCUT2D eigenvalue weighted by Gasteiger charge is 2.20. The second kappa shape index (κ2) is 13.0. The third-order valence-electron chi connectivity index (χ3n) is 5.41. The number of primary amides is 1. The first-order valence-electron chi connectivity index (χ1n) is 11.4. The third kappa shape index (κ3) is 7.35. The molecule has 3 aromatic rings. The molecule has 0 unspecified atom stereocenters. The lowest BCUT2D eigenvalue weighted by molar-refractivity contribution is -0.112. The van der Waals surface area contributed by atoms with E-state index in [1.165, 1.54) is 36.9 Å². The Morgan fingerprint density at radius 3 is 2.36 bits per heavy atom. The molecule has 1 saturated carbocycles. The van der Waals surface area contributed by atoms with Crippen LogP contribution in [0.5, 0.6) is 0 Å². The highest BCUT2D eigenvalue weighted by Crippen LogP contribution is 2.26. The first-order chi connectivity index (χ1) is 17.4. The van der Waals surface area contributed by atoms with Crippen molar-refractivity contribution in [2.75, 3.05) is 16.4 Å². The fraction of sp³-hybridized carbons (Fsp3) is 0.280. The number of rotatable bonds is 6. The molecule has 0 atom stereocenters. The van der Waals surface area contributed by atoms with Crippen molar-refractivity contribution in [2.24, 2.45) is 5.73 Å². The van der Waals surface area contributed by atoms with Crippen molar-refractivity contribution in [1.29, 1.82) is 5.41 Å². The van der Waals surface area contributed by atoms with Gasteiger partial charge >= 0.3 is 0 Å². The van der Waals surface area contributed by atoms with E-state index >= 15 is 0 Å². The molecule has 7 N–H and O–H groups in total. The highest BCUT2D eigenvalue weighted by atomic mass is 32.1. The number of nitrogens with zero attached hydrogens (tertiary/aromatic N) is 3. The van der Waals surface area contributed by atoms with E-state index in [0.29, 0.717) is 33.7 Å². The Kier molecular flexibility index (Phi) is 9.48. The summed E-state index contributed by atoms with van der Waals surface area (Å²) in [5.74, 6) is 4.47. The van der Waals surface area contributed by atoms with Crippen molar-refractivity contribution in [3.8, 4) is 11.8 Å². The Labute approximate surface area is 213 Å². The monoisotopic (exact) mass is 504 g/mol. The van der Waals surface area contributed by atoms with Gasteiger partial charge in [0.15, 0.2) is 5.13 Å². The molecule has 4 rings (SSSR count). The maximum absolute atomic E-state index is 12.3. The molecular formula is C25H28N8O2S. The van der Waals surface area contributed by atoms with Gasteiger partial charge in [0, 0.05) is 28.7 Å². The van der Waals surface area contributed by atoms with Crippen LogP contribution in [-0.4, -0.2) is 38.5 Å². The average molecular weight is 505 g/mol. The maximum atomic E-state index is 12.3. The topological polar surface area (TPSA) is 173 Å². The summed E-state index contributed by atoms with van der Waals surface area (Å²) in [6, 6.07) is 7.16. The molecule has 0 bridgehead atoms. The van der Waals surface area contributed by atoms with Gasteiger partial charge in [-0.1, -0.05) is 37.3 Å². The molecule has 36 heavy (non-hydrogen) atoms. The molecule has 2 amide bonds. The number of amides is 2. The van der Waals surface area contributed by atoms with E-state index in [1.807, 2.05) is 0 Å². The van der Waals surface area contributed by atoms with Crippen LogP contribution in [0.2, 0.25) is 0 Å². The van der Waals surface area contributed by atoms with Crippen molar-refractivity contribution in [2.45, 2.75) is 45.1 Å². The van der Waals surface area contributed by atoms with Crippen LogP contribution >= 0.6 is 11.3 Å². The van der Waals surface area contributed by atoms with Crippen LogP contribution < -0.4 is 22.1 Å².